The summed E-state index contributed by atoms with van der Waals surface area (Å²) in [5.41, 5.74) is 0.611. The Morgan fingerprint density at radius 1 is 1.67 bits per heavy atom. The molecule has 0 unspecified atom stereocenters. The van der Waals surface area contributed by atoms with Crippen LogP contribution >= 0.6 is 11.3 Å². The molecule has 0 atom stereocenters. The molecule has 0 aliphatic rings. The molecule has 0 amide bonds. The molecular weight excluding hydrogens is 176 g/mol. The smallest absolute Gasteiger partial charge is 0.318 e. The highest BCUT2D eigenvalue weighted by molar-refractivity contribution is 7.11. The van der Waals surface area contributed by atoms with Crippen LogP contribution in [0.2, 0.25) is 0 Å². The Bertz CT molecular complexity index is 292. The fourth-order valence-electron chi connectivity index (χ4n) is 0.574. The van der Waals surface area contributed by atoms with Gasteiger partial charge in [-0.25, -0.2) is 9.78 Å². The Morgan fingerprint density at radius 3 is 2.92 bits per heavy atom. The van der Waals surface area contributed by atoms with Gasteiger partial charge < -0.3 is 4.84 Å². The maximum atomic E-state index is 10.4. The van der Waals surface area contributed by atoms with Gasteiger partial charge in [-0.1, -0.05) is 5.16 Å². The lowest BCUT2D eigenvalue weighted by Gasteiger charge is -1.92. The van der Waals surface area contributed by atoms with Crippen LogP contribution in [-0.2, 0) is 9.63 Å². The van der Waals surface area contributed by atoms with Gasteiger partial charge in [-0.3, -0.25) is 0 Å². The van der Waals surface area contributed by atoms with Crippen molar-refractivity contribution in [3.63, 3.8) is 0 Å². The van der Waals surface area contributed by atoms with E-state index in [4.69, 9.17) is 0 Å². The van der Waals surface area contributed by atoms with Crippen LogP contribution in [0.5, 0.6) is 0 Å². The largest absolute Gasteiger partial charge is 0.331 e. The molecule has 12 heavy (non-hydrogen) atoms. The maximum absolute atomic E-state index is 10.4. The van der Waals surface area contributed by atoms with E-state index in [0.29, 0.717) is 5.71 Å². The molecule has 0 fully saturated rings. The van der Waals surface area contributed by atoms with Gasteiger partial charge in [0.05, 0.1) is 0 Å². The number of rotatable bonds is 2. The maximum Gasteiger partial charge on any atom is 0.331 e. The number of aromatic nitrogens is 1. The van der Waals surface area contributed by atoms with Gasteiger partial charge in [-0.15, -0.1) is 11.3 Å². The monoisotopic (exact) mass is 184 g/mol. The Morgan fingerprint density at radius 2 is 2.42 bits per heavy atom. The lowest BCUT2D eigenvalue weighted by Crippen LogP contribution is -1.98. The fourth-order valence-corrected chi connectivity index (χ4v) is 1.15. The molecule has 0 bridgehead atoms. The van der Waals surface area contributed by atoms with Crippen molar-refractivity contribution in [2.24, 2.45) is 5.16 Å². The van der Waals surface area contributed by atoms with Crippen LogP contribution in [0, 0.1) is 0 Å². The first kappa shape index (κ1) is 8.86. The Hall–Kier alpha value is -1.23. The highest BCUT2D eigenvalue weighted by Crippen LogP contribution is 2.05. The van der Waals surface area contributed by atoms with Crippen LogP contribution < -0.4 is 0 Å². The number of carbonyl (C=O) groups excluding carboxylic acids is 1. The van der Waals surface area contributed by atoms with E-state index in [0.717, 1.165) is 5.01 Å². The molecule has 1 rings (SSSR count). The number of nitrogens with zero attached hydrogens (tertiary/aromatic N) is 2. The zero-order valence-corrected chi connectivity index (χ0v) is 7.59. The van der Waals surface area contributed by atoms with E-state index >= 15 is 0 Å². The summed E-state index contributed by atoms with van der Waals surface area (Å²) >= 11 is 1.45. The quantitative estimate of drug-likeness (QED) is 0.397. The number of carbonyl (C=O) groups is 1. The zero-order chi connectivity index (χ0) is 8.97. The number of thiazole rings is 1. The van der Waals surface area contributed by atoms with Crippen molar-refractivity contribution >= 4 is 23.0 Å². The van der Waals surface area contributed by atoms with Crippen LogP contribution in [0.1, 0.15) is 18.9 Å². The minimum Gasteiger partial charge on any atom is -0.318 e. The minimum atomic E-state index is -0.425. The predicted molar refractivity (Wildman–Crippen MR) is 46.1 cm³/mol. The normalized spacial score (nSPS) is 11.3. The third-order valence-electron chi connectivity index (χ3n) is 1.05. The molecule has 0 spiro atoms. The van der Waals surface area contributed by atoms with Crippen LogP contribution in [0.3, 0.4) is 0 Å². The molecule has 0 N–H and O–H groups in total. The van der Waals surface area contributed by atoms with Gasteiger partial charge in [0, 0.05) is 18.5 Å². The molecule has 0 aliphatic heterocycles. The predicted octanol–water partition coefficient (Wildman–Crippen LogP) is 1.43. The molecule has 4 nitrogen and oxygen atoms in total. The van der Waals surface area contributed by atoms with Gasteiger partial charge in [0.2, 0.25) is 0 Å². The van der Waals surface area contributed by atoms with Crippen molar-refractivity contribution in [3.05, 3.63) is 16.6 Å². The molecule has 1 aromatic heterocycles. The van der Waals surface area contributed by atoms with Crippen LogP contribution in [0.4, 0.5) is 0 Å². The minimum absolute atomic E-state index is 0.425. The van der Waals surface area contributed by atoms with Crippen molar-refractivity contribution < 1.29 is 9.63 Å². The first-order valence-electron chi connectivity index (χ1n) is 3.32. The Kier molecular flexibility index (Phi) is 2.93. The molecule has 1 heterocycles. The van der Waals surface area contributed by atoms with Crippen LogP contribution in [-0.4, -0.2) is 16.7 Å². The second-order valence-electron chi connectivity index (χ2n) is 2.10. The van der Waals surface area contributed by atoms with Crippen molar-refractivity contribution in [1.82, 2.24) is 4.98 Å². The lowest BCUT2D eigenvalue weighted by atomic mass is 10.5. The van der Waals surface area contributed by atoms with Gasteiger partial charge in [0.25, 0.3) is 0 Å². The van der Waals surface area contributed by atoms with E-state index in [1.165, 1.54) is 18.3 Å². The van der Waals surface area contributed by atoms with Crippen molar-refractivity contribution in [2.75, 3.05) is 0 Å². The van der Waals surface area contributed by atoms with Crippen molar-refractivity contribution in [2.45, 2.75) is 13.8 Å². The van der Waals surface area contributed by atoms with E-state index in [1.807, 2.05) is 5.38 Å². The molecule has 5 heteroatoms. The van der Waals surface area contributed by atoms with Crippen LogP contribution in [0.25, 0.3) is 0 Å². The standard InChI is InChI=1S/C7H8N2O2S/c1-5(9-11-6(2)10)7-8-3-4-12-7/h3-4H,1-2H3/b9-5-. The van der Waals surface area contributed by atoms with E-state index in [1.54, 1.807) is 13.1 Å². The molecule has 0 radical (unpaired) electrons. The SMILES string of the molecule is CC(=O)O/N=C(/C)c1nccs1. The summed E-state index contributed by atoms with van der Waals surface area (Å²) in [6.07, 6.45) is 1.67. The Labute approximate surface area is 73.9 Å². The second-order valence-corrected chi connectivity index (χ2v) is 2.99. The van der Waals surface area contributed by atoms with Crippen LogP contribution in [0.15, 0.2) is 16.7 Å². The first-order chi connectivity index (χ1) is 5.70. The Balaban J connectivity index is 2.65. The van der Waals surface area contributed by atoms with E-state index in [-0.39, 0.29) is 0 Å². The van der Waals surface area contributed by atoms with Gasteiger partial charge in [-0.05, 0) is 6.92 Å². The summed E-state index contributed by atoms with van der Waals surface area (Å²) in [5.74, 6) is -0.425. The second kappa shape index (κ2) is 3.96. The zero-order valence-electron chi connectivity index (χ0n) is 6.77. The third-order valence-corrected chi connectivity index (χ3v) is 1.93. The molecular formula is C7H8N2O2S. The van der Waals surface area contributed by atoms with E-state index in [9.17, 15) is 4.79 Å². The summed E-state index contributed by atoms with van der Waals surface area (Å²) in [6, 6.07) is 0. The molecule has 0 saturated carbocycles. The number of hydrogen-bond donors (Lipinski definition) is 0. The molecule has 64 valence electrons. The summed E-state index contributed by atoms with van der Waals surface area (Å²) in [5, 5.41) is 6.18. The average molecular weight is 184 g/mol. The van der Waals surface area contributed by atoms with E-state index < -0.39 is 5.97 Å². The first-order valence-corrected chi connectivity index (χ1v) is 4.20. The van der Waals surface area contributed by atoms with Gasteiger partial charge in [0.15, 0.2) is 0 Å². The third kappa shape index (κ3) is 2.43. The topological polar surface area (TPSA) is 51.5 Å². The fraction of sp³-hybridized carbons (Fsp3) is 0.286. The summed E-state index contributed by atoms with van der Waals surface area (Å²) < 4.78 is 0. The van der Waals surface area contributed by atoms with Gasteiger partial charge in [-0.2, -0.15) is 0 Å². The highest BCUT2D eigenvalue weighted by atomic mass is 32.1. The van der Waals surface area contributed by atoms with Gasteiger partial charge >= 0.3 is 5.97 Å². The molecule has 0 aromatic carbocycles. The summed E-state index contributed by atoms with van der Waals surface area (Å²) in [7, 11) is 0. The average Bonchev–Trinajstić information content (AvgIpc) is 2.51. The van der Waals surface area contributed by atoms with Gasteiger partial charge in [0.1, 0.15) is 10.7 Å². The van der Waals surface area contributed by atoms with Crippen molar-refractivity contribution in [1.29, 1.82) is 0 Å². The molecule has 0 aliphatic carbocycles. The number of hydrogen-bond acceptors (Lipinski definition) is 5. The lowest BCUT2D eigenvalue weighted by molar-refractivity contribution is -0.140. The molecule has 1 aromatic rings. The summed E-state index contributed by atoms with van der Waals surface area (Å²) in [6.45, 7) is 3.04. The highest BCUT2D eigenvalue weighted by Gasteiger charge is 2.00. The number of oxime groups is 1. The summed E-state index contributed by atoms with van der Waals surface area (Å²) in [4.78, 5) is 18.8. The van der Waals surface area contributed by atoms with Crippen molar-refractivity contribution in [3.8, 4) is 0 Å². The molecule has 0 saturated heterocycles. The van der Waals surface area contributed by atoms with E-state index in [2.05, 4.69) is 15.0 Å².